The normalized spacial score (nSPS) is 10.8. The van der Waals surface area contributed by atoms with Gasteiger partial charge in [0.15, 0.2) is 11.6 Å². The SMILES string of the molecule is CNCc1ccc(F)cc1-c1cc(F)c(F)cc1Cl. The molecule has 0 aliphatic carbocycles. The quantitative estimate of drug-likeness (QED) is 0.836. The maximum Gasteiger partial charge on any atom is 0.160 e. The summed E-state index contributed by atoms with van der Waals surface area (Å²) in [6.45, 7) is 0.463. The fourth-order valence-corrected chi connectivity index (χ4v) is 2.13. The van der Waals surface area contributed by atoms with Crippen molar-refractivity contribution in [1.29, 1.82) is 0 Å². The molecule has 0 aliphatic heterocycles. The maximum atomic E-state index is 13.4. The summed E-state index contributed by atoms with van der Waals surface area (Å²) in [5.41, 5.74) is 1.46. The molecule has 0 spiro atoms. The van der Waals surface area contributed by atoms with Crippen LogP contribution in [0, 0.1) is 17.5 Å². The van der Waals surface area contributed by atoms with E-state index in [0.29, 0.717) is 12.1 Å². The number of benzene rings is 2. The van der Waals surface area contributed by atoms with Crippen LogP contribution < -0.4 is 5.32 Å². The van der Waals surface area contributed by atoms with Gasteiger partial charge < -0.3 is 5.32 Å². The fraction of sp³-hybridized carbons (Fsp3) is 0.143. The van der Waals surface area contributed by atoms with Crippen LogP contribution in [0.2, 0.25) is 5.02 Å². The van der Waals surface area contributed by atoms with Crippen LogP contribution in [0.25, 0.3) is 11.1 Å². The van der Waals surface area contributed by atoms with Crippen LogP contribution in [0.15, 0.2) is 30.3 Å². The molecule has 2 rings (SSSR count). The number of rotatable bonds is 3. The summed E-state index contributed by atoms with van der Waals surface area (Å²) in [6.07, 6.45) is 0. The lowest BCUT2D eigenvalue weighted by Crippen LogP contribution is -2.07. The van der Waals surface area contributed by atoms with Gasteiger partial charge in [-0.15, -0.1) is 0 Å². The van der Waals surface area contributed by atoms with Crippen LogP contribution >= 0.6 is 11.6 Å². The topological polar surface area (TPSA) is 12.0 Å². The molecule has 0 unspecified atom stereocenters. The van der Waals surface area contributed by atoms with E-state index in [0.717, 1.165) is 17.7 Å². The molecule has 0 bridgehead atoms. The summed E-state index contributed by atoms with van der Waals surface area (Å²) in [4.78, 5) is 0. The first-order chi connectivity index (χ1) is 9.02. The summed E-state index contributed by atoms with van der Waals surface area (Å²) in [6, 6.07) is 6.01. The summed E-state index contributed by atoms with van der Waals surface area (Å²) >= 11 is 5.91. The molecule has 1 nitrogen and oxygen atoms in total. The van der Waals surface area contributed by atoms with Crippen LogP contribution in [0.3, 0.4) is 0 Å². The van der Waals surface area contributed by atoms with E-state index in [4.69, 9.17) is 11.6 Å². The largest absolute Gasteiger partial charge is 0.316 e. The Kier molecular flexibility index (Phi) is 4.12. The Morgan fingerprint density at radius 2 is 1.68 bits per heavy atom. The lowest BCUT2D eigenvalue weighted by Gasteiger charge is -2.11. The Bertz CT molecular complexity index is 614. The molecular formula is C14H11ClF3N. The highest BCUT2D eigenvalue weighted by Gasteiger charge is 2.13. The van der Waals surface area contributed by atoms with Crippen molar-refractivity contribution in [3.05, 3.63) is 58.4 Å². The van der Waals surface area contributed by atoms with Crippen molar-refractivity contribution in [2.75, 3.05) is 7.05 Å². The minimum atomic E-state index is -1.03. The van der Waals surface area contributed by atoms with Crippen LogP contribution in [0.4, 0.5) is 13.2 Å². The number of hydrogen-bond donors (Lipinski definition) is 1. The Morgan fingerprint density at radius 1 is 1.00 bits per heavy atom. The third-order valence-electron chi connectivity index (χ3n) is 2.74. The van der Waals surface area contributed by atoms with Crippen molar-refractivity contribution in [3.63, 3.8) is 0 Å². The van der Waals surface area contributed by atoms with Gasteiger partial charge in [0.2, 0.25) is 0 Å². The highest BCUT2D eigenvalue weighted by atomic mass is 35.5. The highest BCUT2D eigenvalue weighted by molar-refractivity contribution is 6.33. The number of hydrogen-bond acceptors (Lipinski definition) is 1. The number of halogens is 4. The smallest absolute Gasteiger partial charge is 0.160 e. The Labute approximate surface area is 114 Å². The molecule has 5 heteroatoms. The average Bonchev–Trinajstić information content (AvgIpc) is 2.36. The molecule has 0 atom stereocenters. The van der Waals surface area contributed by atoms with Gasteiger partial charge in [-0.3, -0.25) is 0 Å². The summed E-state index contributed by atoms with van der Waals surface area (Å²) < 4.78 is 39.7. The summed E-state index contributed by atoms with van der Waals surface area (Å²) in [7, 11) is 1.74. The molecule has 0 aliphatic rings. The molecule has 0 heterocycles. The first-order valence-electron chi connectivity index (χ1n) is 5.61. The molecule has 0 aromatic heterocycles. The van der Waals surface area contributed by atoms with Gasteiger partial charge in [0.1, 0.15) is 5.82 Å². The van der Waals surface area contributed by atoms with E-state index in [1.807, 2.05) is 0 Å². The molecule has 19 heavy (non-hydrogen) atoms. The maximum absolute atomic E-state index is 13.4. The molecule has 0 saturated heterocycles. The molecule has 100 valence electrons. The van der Waals surface area contributed by atoms with Gasteiger partial charge in [0.25, 0.3) is 0 Å². The monoisotopic (exact) mass is 285 g/mol. The summed E-state index contributed by atoms with van der Waals surface area (Å²) in [5, 5.41) is 2.97. The summed E-state index contributed by atoms with van der Waals surface area (Å²) in [5.74, 6) is -2.50. The number of nitrogens with one attached hydrogen (secondary N) is 1. The van der Waals surface area contributed by atoms with Gasteiger partial charge in [0.05, 0.1) is 5.02 Å². The van der Waals surface area contributed by atoms with Gasteiger partial charge in [-0.2, -0.15) is 0 Å². The highest BCUT2D eigenvalue weighted by Crippen LogP contribution is 2.32. The van der Waals surface area contributed by atoms with E-state index >= 15 is 0 Å². The molecule has 0 amide bonds. The minimum Gasteiger partial charge on any atom is -0.316 e. The van der Waals surface area contributed by atoms with Crippen molar-refractivity contribution in [2.24, 2.45) is 0 Å². The van der Waals surface area contributed by atoms with Crippen molar-refractivity contribution in [3.8, 4) is 11.1 Å². The Morgan fingerprint density at radius 3 is 2.37 bits per heavy atom. The van der Waals surface area contributed by atoms with Crippen LogP contribution in [-0.2, 0) is 6.54 Å². The van der Waals surface area contributed by atoms with Crippen molar-refractivity contribution in [1.82, 2.24) is 5.32 Å². The van der Waals surface area contributed by atoms with E-state index in [1.165, 1.54) is 12.1 Å². The van der Waals surface area contributed by atoms with E-state index < -0.39 is 17.5 Å². The van der Waals surface area contributed by atoms with Gasteiger partial charge in [-0.25, -0.2) is 13.2 Å². The zero-order valence-corrected chi connectivity index (χ0v) is 10.9. The van der Waals surface area contributed by atoms with Gasteiger partial charge in [0, 0.05) is 12.1 Å². The first kappa shape index (κ1) is 13.9. The predicted molar refractivity (Wildman–Crippen MR) is 69.5 cm³/mol. The molecule has 2 aromatic rings. The third kappa shape index (κ3) is 2.91. The van der Waals surface area contributed by atoms with Crippen LogP contribution in [0.1, 0.15) is 5.56 Å². The van der Waals surface area contributed by atoms with Gasteiger partial charge in [-0.1, -0.05) is 17.7 Å². The second kappa shape index (κ2) is 5.63. The lowest BCUT2D eigenvalue weighted by atomic mass is 9.99. The van der Waals surface area contributed by atoms with Gasteiger partial charge in [-0.05, 0) is 42.4 Å². The standard InChI is InChI=1S/C14H11ClF3N/c1-19-7-8-2-3-9(16)4-10(8)11-5-13(17)14(18)6-12(11)15/h2-6,19H,7H2,1H3. The van der Waals surface area contributed by atoms with E-state index in [9.17, 15) is 13.2 Å². The lowest BCUT2D eigenvalue weighted by molar-refractivity contribution is 0.509. The Balaban J connectivity index is 2.63. The third-order valence-corrected chi connectivity index (χ3v) is 3.05. The Hall–Kier alpha value is -1.52. The average molecular weight is 286 g/mol. The van der Waals surface area contributed by atoms with E-state index in [2.05, 4.69) is 5.32 Å². The second-order valence-corrected chi connectivity index (χ2v) is 4.49. The molecule has 2 aromatic carbocycles. The van der Waals surface area contributed by atoms with Crippen molar-refractivity contribution in [2.45, 2.75) is 6.54 Å². The molecule has 1 N–H and O–H groups in total. The fourth-order valence-electron chi connectivity index (χ4n) is 1.87. The van der Waals surface area contributed by atoms with Crippen molar-refractivity contribution < 1.29 is 13.2 Å². The van der Waals surface area contributed by atoms with Crippen LogP contribution in [-0.4, -0.2) is 7.05 Å². The van der Waals surface area contributed by atoms with E-state index in [-0.39, 0.29) is 10.6 Å². The van der Waals surface area contributed by atoms with Crippen molar-refractivity contribution >= 4 is 11.6 Å². The zero-order chi connectivity index (χ0) is 14.0. The molecular weight excluding hydrogens is 275 g/mol. The predicted octanol–water partition coefficient (Wildman–Crippen LogP) is 4.14. The minimum absolute atomic E-state index is 0.0434. The van der Waals surface area contributed by atoms with Crippen LogP contribution in [0.5, 0.6) is 0 Å². The van der Waals surface area contributed by atoms with Gasteiger partial charge >= 0.3 is 0 Å². The van der Waals surface area contributed by atoms with E-state index in [1.54, 1.807) is 13.1 Å². The first-order valence-corrected chi connectivity index (χ1v) is 5.98. The second-order valence-electron chi connectivity index (χ2n) is 4.08. The molecule has 0 fully saturated rings. The molecule has 0 radical (unpaired) electrons. The zero-order valence-electron chi connectivity index (χ0n) is 10.1. The molecule has 0 saturated carbocycles.